The summed E-state index contributed by atoms with van der Waals surface area (Å²) in [7, 11) is 0. The van der Waals surface area contributed by atoms with Crippen molar-refractivity contribution in [3.05, 3.63) is 54.0 Å². The van der Waals surface area contributed by atoms with Crippen molar-refractivity contribution in [1.29, 1.82) is 0 Å². The zero-order chi connectivity index (χ0) is 16.8. The van der Waals surface area contributed by atoms with Crippen LogP contribution in [0.2, 0.25) is 0 Å². The van der Waals surface area contributed by atoms with Crippen molar-refractivity contribution in [2.24, 2.45) is 0 Å². The number of urea groups is 1. The molecule has 0 radical (unpaired) electrons. The predicted octanol–water partition coefficient (Wildman–Crippen LogP) is 2.92. The summed E-state index contributed by atoms with van der Waals surface area (Å²) in [5.41, 5.74) is 2.02. The maximum atomic E-state index is 12.6. The van der Waals surface area contributed by atoms with Gasteiger partial charge in [0.25, 0.3) is 0 Å². The van der Waals surface area contributed by atoms with Gasteiger partial charge < -0.3 is 15.0 Å². The largest absolute Gasteiger partial charge is 0.478 e. The van der Waals surface area contributed by atoms with Gasteiger partial charge in [0, 0.05) is 37.2 Å². The van der Waals surface area contributed by atoms with Crippen LogP contribution in [-0.4, -0.2) is 34.1 Å². The Morgan fingerprint density at radius 1 is 1.33 bits per heavy atom. The Hall–Kier alpha value is -2.63. The molecule has 0 unspecified atom stereocenters. The van der Waals surface area contributed by atoms with Crippen LogP contribution in [0.5, 0.6) is 5.88 Å². The van der Waals surface area contributed by atoms with Crippen molar-refractivity contribution in [3.8, 4) is 5.88 Å². The van der Waals surface area contributed by atoms with E-state index in [9.17, 15) is 4.79 Å². The Morgan fingerprint density at radius 3 is 2.96 bits per heavy atom. The smallest absolute Gasteiger partial charge is 0.318 e. The molecule has 24 heavy (non-hydrogen) atoms. The topological polar surface area (TPSA) is 67.3 Å². The van der Waals surface area contributed by atoms with E-state index in [-0.39, 0.29) is 12.1 Å². The van der Waals surface area contributed by atoms with E-state index in [1.165, 1.54) is 0 Å². The van der Waals surface area contributed by atoms with Crippen LogP contribution in [0, 0.1) is 0 Å². The fourth-order valence-corrected chi connectivity index (χ4v) is 3.04. The second kappa shape index (κ2) is 7.77. The van der Waals surface area contributed by atoms with Gasteiger partial charge in [-0.2, -0.15) is 0 Å². The number of amides is 2. The molecule has 1 aliphatic heterocycles. The van der Waals surface area contributed by atoms with Crippen molar-refractivity contribution in [2.45, 2.75) is 32.4 Å². The zero-order valence-corrected chi connectivity index (χ0v) is 13.8. The van der Waals surface area contributed by atoms with Gasteiger partial charge in [-0.15, -0.1) is 0 Å². The molecule has 0 aromatic carbocycles. The summed E-state index contributed by atoms with van der Waals surface area (Å²) < 4.78 is 5.50. The standard InChI is InChI=1S/C18H22N4O2/c1-2-24-17-15(5-3-9-20-17)13-21-18(23)22-12-4-6-16(22)14-7-10-19-11-8-14/h3,5,7-11,16H,2,4,6,12-13H2,1H3,(H,21,23)/t16-/m1/s1. The van der Waals surface area contributed by atoms with Gasteiger partial charge in [0.05, 0.1) is 12.6 Å². The number of aromatic nitrogens is 2. The summed E-state index contributed by atoms with van der Waals surface area (Å²) in [5, 5.41) is 2.99. The SMILES string of the molecule is CCOc1ncccc1CNC(=O)N1CCC[C@@H]1c1ccncc1. The van der Waals surface area contributed by atoms with E-state index in [0.717, 1.165) is 30.5 Å². The molecule has 6 nitrogen and oxygen atoms in total. The number of carbonyl (C=O) groups excluding carboxylic acids is 1. The fourth-order valence-electron chi connectivity index (χ4n) is 3.04. The molecule has 0 aliphatic carbocycles. The van der Waals surface area contributed by atoms with Crippen LogP contribution in [-0.2, 0) is 6.54 Å². The van der Waals surface area contributed by atoms with Crippen molar-refractivity contribution in [2.75, 3.05) is 13.2 Å². The third kappa shape index (κ3) is 3.64. The normalized spacial score (nSPS) is 16.9. The van der Waals surface area contributed by atoms with Gasteiger partial charge in [-0.1, -0.05) is 6.07 Å². The third-order valence-corrected chi connectivity index (χ3v) is 4.17. The number of ether oxygens (including phenoxy) is 1. The molecule has 6 heteroatoms. The van der Waals surface area contributed by atoms with Crippen LogP contribution in [0.4, 0.5) is 4.79 Å². The second-order valence-electron chi connectivity index (χ2n) is 5.69. The lowest BCUT2D eigenvalue weighted by Crippen LogP contribution is -2.39. The maximum absolute atomic E-state index is 12.6. The number of hydrogen-bond donors (Lipinski definition) is 1. The number of carbonyl (C=O) groups is 1. The molecule has 2 aromatic heterocycles. The minimum atomic E-state index is -0.0550. The third-order valence-electron chi connectivity index (χ3n) is 4.17. The highest BCUT2D eigenvalue weighted by molar-refractivity contribution is 5.75. The van der Waals surface area contributed by atoms with Gasteiger partial charge >= 0.3 is 6.03 Å². The van der Waals surface area contributed by atoms with Crippen molar-refractivity contribution < 1.29 is 9.53 Å². The summed E-state index contributed by atoms with van der Waals surface area (Å²) in [4.78, 5) is 22.8. The first kappa shape index (κ1) is 16.2. The van der Waals surface area contributed by atoms with E-state index in [2.05, 4.69) is 15.3 Å². The maximum Gasteiger partial charge on any atom is 0.318 e. The summed E-state index contributed by atoms with van der Waals surface area (Å²) in [6, 6.07) is 7.78. The molecule has 2 amide bonds. The molecule has 1 atom stereocenters. The van der Waals surface area contributed by atoms with E-state index < -0.39 is 0 Å². The molecule has 3 heterocycles. The van der Waals surface area contributed by atoms with Crippen LogP contribution >= 0.6 is 0 Å². The lowest BCUT2D eigenvalue weighted by Gasteiger charge is -2.25. The molecule has 1 saturated heterocycles. The highest BCUT2D eigenvalue weighted by atomic mass is 16.5. The van der Waals surface area contributed by atoms with Crippen LogP contribution in [0.15, 0.2) is 42.9 Å². The van der Waals surface area contributed by atoms with Gasteiger partial charge in [0.1, 0.15) is 0 Å². The fraction of sp³-hybridized carbons (Fsp3) is 0.389. The van der Waals surface area contributed by atoms with Crippen molar-refractivity contribution >= 4 is 6.03 Å². The predicted molar refractivity (Wildman–Crippen MR) is 90.6 cm³/mol. The molecule has 2 aromatic rings. The minimum Gasteiger partial charge on any atom is -0.478 e. The van der Waals surface area contributed by atoms with Crippen molar-refractivity contribution in [3.63, 3.8) is 0 Å². The average molecular weight is 326 g/mol. The van der Waals surface area contributed by atoms with Crippen LogP contribution in [0.25, 0.3) is 0 Å². The first-order valence-corrected chi connectivity index (χ1v) is 8.30. The van der Waals surface area contributed by atoms with E-state index in [1.807, 2.05) is 36.1 Å². The number of rotatable bonds is 5. The molecule has 0 saturated carbocycles. The molecule has 0 spiro atoms. The molecule has 3 rings (SSSR count). The first-order chi connectivity index (χ1) is 11.8. The second-order valence-corrected chi connectivity index (χ2v) is 5.69. The number of likely N-dealkylation sites (tertiary alicyclic amines) is 1. The van der Waals surface area contributed by atoms with Gasteiger partial charge in [-0.05, 0) is 43.5 Å². The van der Waals surface area contributed by atoms with Crippen LogP contribution in [0.3, 0.4) is 0 Å². The quantitative estimate of drug-likeness (QED) is 0.917. The van der Waals surface area contributed by atoms with Crippen molar-refractivity contribution in [1.82, 2.24) is 20.2 Å². The number of pyridine rings is 2. The van der Waals surface area contributed by atoms with Gasteiger partial charge in [0.2, 0.25) is 5.88 Å². The van der Waals surface area contributed by atoms with E-state index in [4.69, 9.17) is 4.74 Å². The molecule has 1 N–H and O–H groups in total. The van der Waals surface area contributed by atoms with E-state index in [1.54, 1.807) is 18.6 Å². The van der Waals surface area contributed by atoms with Gasteiger partial charge in [-0.3, -0.25) is 4.98 Å². The summed E-state index contributed by atoms with van der Waals surface area (Å²) in [5.74, 6) is 0.576. The molecule has 126 valence electrons. The van der Waals surface area contributed by atoms with Crippen LogP contribution in [0.1, 0.15) is 36.9 Å². The molecular weight excluding hydrogens is 304 g/mol. The monoisotopic (exact) mass is 326 g/mol. The average Bonchev–Trinajstić information content (AvgIpc) is 3.11. The molecular formula is C18H22N4O2. The van der Waals surface area contributed by atoms with Gasteiger partial charge in [0.15, 0.2) is 0 Å². The molecule has 0 bridgehead atoms. The first-order valence-electron chi connectivity index (χ1n) is 8.30. The molecule has 1 fully saturated rings. The lowest BCUT2D eigenvalue weighted by atomic mass is 10.1. The Morgan fingerprint density at radius 2 is 2.17 bits per heavy atom. The van der Waals surface area contributed by atoms with E-state index >= 15 is 0 Å². The zero-order valence-electron chi connectivity index (χ0n) is 13.8. The summed E-state index contributed by atoms with van der Waals surface area (Å²) in [6.45, 7) is 3.64. The Kier molecular flexibility index (Phi) is 5.25. The lowest BCUT2D eigenvalue weighted by molar-refractivity contribution is 0.192. The van der Waals surface area contributed by atoms with Gasteiger partial charge in [-0.25, -0.2) is 9.78 Å². The summed E-state index contributed by atoms with van der Waals surface area (Å²) >= 11 is 0. The van der Waals surface area contributed by atoms with Crippen LogP contribution < -0.4 is 10.1 Å². The number of nitrogens with one attached hydrogen (secondary N) is 1. The van der Waals surface area contributed by atoms with E-state index in [0.29, 0.717) is 19.0 Å². The highest BCUT2D eigenvalue weighted by Crippen LogP contribution is 2.31. The Balaban J connectivity index is 1.65. The highest BCUT2D eigenvalue weighted by Gasteiger charge is 2.29. The summed E-state index contributed by atoms with van der Waals surface area (Å²) in [6.07, 6.45) is 7.23. The Labute approximate surface area is 141 Å². The molecule has 1 aliphatic rings. The minimum absolute atomic E-state index is 0.0550. The number of hydrogen-bond acceptors (Lipinski definition) is 4. The number of nitrogens with zero attached hydrogens (tertiary/aromatic N) is 3. The Bertz CT molecular complexity index is 678.